The Morgan fingerprint density at radius 3 is 2.45 bits per heavy atom. The van der Waals surface area contributed by atoms with Gasteiger partial charge in [0.2, 0.25) is 0 Å². The summed E-state index contributed by atoms with van der Waals surface area (Å²) >= 11 is 0. The lowest BCUT2D eigenvalue weighted by Gasteiger charge is -2.29. The third kappa shape index (κ3) is 8.00. The zero-order valence-electron chi connectivity index (χ0n) is 19.2. The smallest absolute Gasteiger partial charge is 0.410 e. The fraction of sp³-hybridized carbons (Fsp3) is 0.720. The molecular formula is C25H42N2O2. The first-order valence-corrected chi connectivity index (χ1v) is 11.6. The predicted molar refractivity (Wildman–Crippen MR) is 122 cm³/mol. The van der Waals surface area contributed by atoms with E-state index in [0.29, 0.717) is 17.9 Å². The molecule has 1 aliphatic rings. The zero-order valence-corrected chi connectivity index (χ0v) is 19.2. The van der Waals surface area contributed by atoms with Crippen molar-refractivity contribution in [2.45, 2.75) is 96.6 Å². The van der Waals surface area contributed by atoms with Crippen molar-refractivity contribution < 1.29 is 9.53 Å². The van der Waals surface area contributed by atoms with E-state index < -0.39 is 0 Å². The van der Waals surface area contributed by atoms with Crippen LogP contribution in [0.2, 0.25) is 0 Å². The molecule has 0 radical (unpaired) electrons. The summed E-state index contributed by atoms with van der Waals surface area (Å²) in [5.41, 5.74) is 1.17. The fourth-order valence-corrected chi connectivity index (χ4v) is 4.46. The van der Waals surface area contributed by atoms with Crippen molar-refractivity contribution in [2.75, 3.05) is 14.1 Å². The molecule has 4 heteroatoms. The number of para-hydroxylation sites is 1. The monoisotopic (exact) mass is 402 g/mol. The Balaban J connectivity index is 2.13. The summed E-state index contributed by atoms with van der Waals surface area (Å²) in [7, 11) is 4.32. The maximum atomic E-state index is 12.6. The molecule has 0 aromatic heterocycles. The van der Waals surface area contributed by atoms with Crippen LogP contribution in [-0.2, 0) is 0 Å². The van der Waals surface area contributed by atoms with Crippen molar-refractivity contribution >= 4 is 6.09 Å². The number of nitrogens with one attached hydrogen (secondary N) is 1. The molecule has 2 atom stereocenters. The van der Waals surface area contributed by atoms with E-state index in [0.717, 1.165) is 37.9 Å². The van der Waals surface area contributed by atoms with Gasteiger partial charge in [0.25, 0.3) is 0 Å². The Morgan fingerprint density at radius 2 is 1.83 bits per heavy atom. The van der Waals surface area contributed by atoms with E-state index in [-0.39, 0.29) is 12.1 Å². The number of nitrogens with zero attached hydrogens (tertiary/aromatic N) is 1. The van der Waals surface area contributed by atoms with Gasteiger partial charge in [0.05, 0.1) is 0 Å². The van der Waals surface area contributed by atoms with Crippen molar-refractivity contribution in [3.63, 3.8) is 0 Å². The first kappa shape index (κ1) is 23.7. The van der Waals surface area contributed by atoms with Crippen LogP contribution < -0.4 is 10.1 Å². The first-order valence-electron chi connectivity index (χ1n) is 11.6. The molecule has 4 nitrogen and oxygen atoms in total. The Morgan fingerprint density at radius 1 is 1.14 bits per heavy atom. The van der Waals surface area contributed by atoms with Crippen LogP contribution >= 0.6 is 0 Å². The van der Waals surface area contributed by atoms with Gasteiger partial charge in [0.1, 0.15) is 5.75 Å². The summed E-state index contributed by atoms with van der Waals surface area (Å²) < 4.78 is 5.85. The van der Waals surface area contributed by atoms with E-state index in [1.54, 1.807) is 0 Å². The lowest BCUT2D eigenvalue weighted by atomic mass is 9.85. The number of benzene rings is 1. The molecule has 1 amide bonds. The van der Waals surface area contributed by atoms with Crippen LogP contribution in [0.4, 0.5) is 4.79 Å². The molecule has 0 spiro atoms. The molecule has 1 aromatic rings. The molecule has 0 aliphatic heterocycles. The van der Waals surface area contributed by atoms with Crippen LogP contribution in [0.15, 0.2) is 24.3 Å². The van der Waals surface area contributed by atoms with Gasteiger partial charge in [0, 0.05) is 12.1 Å². The van der Waals surface area contributed by atoms with Crippen molar-refractivity contribution in [3.8, 4) is 5.75 Å². The maximum Gasteiger partial charge on any atom is 0.412 e. The molecule has 164 valence electrons. The van der Waals surface area contributed by atoms with Crippen LogP contribution in [0.3, 0.4) is 0 Å². The van der Waals surface area contributed by atoms with Gasteiger partial charge in [-0.3, -0.25) is 0 Å². The molecule has 0 bridgehead atoms. The quantitative estimate of drug-likeness (QED) is 0.495. The Bertz CT molecular complexity index is 609. The van der Waals surface area contributed by atoms with Crippen LogP contribution in [0, 0.1) is 5.92 Å². The van der Waals surface area contributed by atoms with E-state index in [1.807, 2.05) is 12.1 Å². The highest BCUT2D eigenvalue weighted by Gasteiger charge is 2.23. The molecule has 2 rings (SSSR count). The van der Waals surface area contributed by atoms with Crippen molar-refractivity contribution in [2.24, 2.45) is 5.92 Å². The van der Waals surface area contributed by atoms with E-state index in [1.165, 1.54) is 31.2 Å². The normalized spacial score (nSPS) is 17.3. The summed E-state index contributed by atoms with van der Waals surface area (Å²) in [6, 6.07) is 8.93. The average Bonchev–Trinajstić information content (AvgIpc) is 2.69. The number of carbonyl (C=O) groups is 1. The zero-order chi connectivity index (χ0) is 21.2. The van der Waals surface area contributed by atoms with Gasteiger partial charge in [0.15, 0.2) is 0 Å². The lowest BCUT2D eigenvalue weighted by molar-refractivity contribution is 0.190. The molecule has 1 N–H and O–H groups in total. The Labute approximate surface area is 178 Å². The summed E-state index contributed by atoms with van der Waals surface area (Å²) in [6.45, 7) is 6.81. The van der Waals surface area contributed by atoms with Gasteiger partial charge in [-0.15, -0.1) is 0 Å². The number of amides is 1. The summed E-state index contributed by atoms with van der Waals surface area (Å²) in [5.74, 6) is 1.78. The van der Waals surface area contributed by atoms with E-state index in [4.69, 9.17) is 4.74 Å². The largest absolute Gasteiger partial charge is 0.412 e. The number of carbonyl (C=O) groups excluding carboxylic acids is 1. The second-order valence-electron chi connectivity index (χ2n) is 9.34. The minimum absolute atomic E-state index is 0.262. The van der Waals surface area contributed by atoms with Gasteiger partial charge in [-0.25, -0.2) is 4.79 Å². The molecule has 2 unspecified atom stereocenters. The third-order valence-electron chi connectivity index (χ3n) is 6.34. The molecule has 1 aliphatic carbocycles. The molecule has 1 fully saturated rings. The number of hydrogen-bond donors (Lipinski definition) is 1. The SMILES string of the molecule is CCC(CC(CCC(C)C)c1ccccc1OC(=O)NC1CCCCC1)N(C)C. The van der Waals surface area contributed by atoms with Crippen molar-refractivity contribution in [1.29, 1.82) is 0 Å². The van der Waals surface area contributed by atoms with E-state index in [2.05, 4.69) is 57.2 Å². The number of ether oxygens (including phenoxy) is 1. The summed E-state index contributed by atoms with van der Waals surface area (Å²) in [5, 5.41) is 3.08. The predicted octanol–water partition coefficient (Wildman–Crippen LogP) is 6.36. The summed E-state index contributed by atoms with van der Waals surface area (Å²) in [6.07, 6.45) is 10.00. The van der Waals surface area contributed by atoms with Gasteiger partial charge in [-0.05, 0) is 69.7 Å². The van der Waals surface area contributed by atoms with E-state index >= 15 is 0 Å². The van der Waals surface area contributed by atoms with Crippen molar-refractivity contribution in [1.82, 2.24) is 10.2 Å². The first-order chi connectivity index (χ1) is 13.9. The lowest BCUT2D eigenvalue weighted by Crippen LogP contribution is -2.38. The van der Waals surface area contributed by atoms with E-state index in [9.17, 15) is 4.79 Å². The Hall–Kier alpha value is -1.55. The molecule has 29 heavy (non-hydrogen) atoms. The van der Waals surface area contributed by atoms with Gasteiger partial charge in [-0.1, -0.05) is 64.7 Å². The van der Waals surface area contributed by atoms with Crippen LogP contribution in [-0.4, -0.2) is 37.2 Å². The standard InChI is InChI=1S/C25H42N2O2/c1-6-22(27(4)5)18-20(17-16-19(2)3)23-14-10-11-15-24(23)29-25(28)26-21-12-8-7-9-13-21/h10-11,14-15,19-22H,6-9,12-13,16-18H2,1-5H3,(H,26,28). The number of hydrogen-bond acceptors (Lipinski definition) is 3. The third-order valence-corrected chi connectivity index (χ3v) is 6.34. The van der Waals surface area contributed by atoms with Gasteiger partial charge in [-0.2, -0.15) is 0 Å². The molecule has 1 saturated carbocycles. The topological polar surface area (TPSA) is 41.6 Å². The van der Waals surface area contributed by atoms with Gasteiger partial charge >= 0.3 is 6.09 Å². The highest BCUT2D eigenvalue weighted by molar-refractivity contribution is 5.71. The second kappa shape index (κ2) is 12.2. The molecular weight excluding hydrogens is 360 g/mol. The fourth-order valence-electron chi connectivity index (χ4n) is 4.46. The molecule has 0 heterocycles. The highest BCUT2D eigenvalue weighted by atomic mass is 16.6. The van der Waals surface area contributed by atoms with Gasteiger partial charge < -0.3 is 15.0 Å². The minimum atomic E-state index is -0.299. The van der Waals surface area contributed by atoms with Crippen molar-refractivity contribution in [3.05, 3.63) is 29.8 Å². The molecule has 1 aromatic carbocycles. The molecule has 0 saturated heterocycles. The average molecular weight is 403 g/mol. The maximum absolute atomic E-state index is 12.6. The minimum Gasteiger partial charge on any atom is -0.410 e. The second-order valence-corrected chi connectivity index (χ2v) is 9.34. The van der Waals surface area contributed by atoms with Crippen LogP contribution in [0.1, 0.15) is 90.0 Å². The summed E-state index contributed by atoms with van der Waals surface area (Å²) in [4.78, 5) is 14.9. The van der Waals surface area contributed by atoms with Crippen LogP contribution in [0.25, 0.3) is 0 Å². The Kier molecular flexibility index (Phi) is 9.99. The van der Waals surface area contributed by atoms with Crippen LogP contribution in [0.5, 0.6) is 5.75 Å². The number of rotatable bonds is 10. The highest BCUT2D eigenvalue weighted by Crippen LogP contribution is 2.35.